The zero-order valence-electron chi connectivity index (χ0n) is 11.1. The molecule has 0 atom stereocenters. The Labute approximate surface area is 138 Å². The third-order valence-corrected chi connectivity index (χ3v) is 3.66. The normalized spacial score (nSPS) is 10.3. The molecule has 0 aliphatic rings. The molecule has 23 heavy (non-hydrogen) atoms. The number of rotatable bonds is 3. The lowest BCUT2D eigenvalue weighted by Crippen LogP contribution is -2.13. The number of hydrogen-bond acceptors (Lipinski definition) is 6. The first-order chi connectivity index (χ1) is 10.7. The maximum Gasteiger partial charge on any atom is 0.353 e. The molecule has 0 saturated heterocycles. The van der Waals surface area contributed by atoms with Crippen molar-refractivity contribution in [3.63, 3.8) is 0 Å². The molecule has 0 aliphatic heterocycles. The SMILES string of the molecule is O=C(Nc1cccc(Cl)c1Cl)c1c(O)cc(O)c([N+](=O)[O-])c1O. The van der Waals surface area contributed by atoms with E-state index in [1.165, 1.54) is 18.2 Å². The number of halogens is 2. The van der Waals surface area contributed by atoms with Crippen LogP contribution in [0.1, 0.15) is 10.4 Å². The molecule has 0 spiro atoms. The molecule has 2 rings (SSSR count). The number of carbonyl (C=O) groups excluding carboxylic acids is 1. The molecule has 1 amide bonds. The van der Waals surface area contributed by atoms with Crippen molar-refractivity contribution in [1.82, 2.24) is 0 Å². The lowest BCUT2D eigenvalue weighted by molar-refractivity contribution is -0.386. The first kappa shape index (κ1) is 16.7. The first-order valence-corrected chi connectivity index (χ1v) is 6.67. The van der Waals surface area contributed by atoms with Crippen molar-refractivity contribution in [2.45, 2.75) is 0 Å². The highest BCUT2D eigenvalue weighted by molar-refractivity contribution is 6.44. The molecule has 0 bridgehead atoms. The minimum Gasteiger partial charge on any atom is -0.507 e. The van der Waals surface area contributed by atoms with Crippen LogP contribution in [0.15, 0.2) is 24.3 Å². The zero-order valence-corrected chi connectivity index (χ0v) is 12.6. The monoisotopic (exact) mass is 358 g/mol. The smallest absolute Gasteiger partial charge is 0.353 e. The molecule has 0 fully saturated rings. The van der Waals surface area contributed by atoms with Crippen molar-refractivity contribution in [1.29, 1.82) is 0 Å². The zero-order chi connectivity index (χ0) is 17.3. The van der Waals surface area contributed by atoms with E-state index in [0.29, 0.717) is 6.07 Å². The predicted molar refractivity (Wildman–Crippen MR) is 82.5 cm³/mol. The van der Waals surface area contributed by atoms with E-state index in [9.17, 15) is 30.2 Å². The highest BCUT2D eigenvalue weighted by atomic mass is 35.5. The summed E-state index contributed by atoms with van der Waals surface area (Å²) in [5.41, 5.74) is -1.82. The molecule has 0 unspecified atom stereocenters. The standard InChI is InChI=1S/C13H8Cl2N2O6/c14-5-2-1-3-6(10(5)15)16-13(21)9-7(18)4-8(19)11(12(9)20)17(22)23/h1-4,18-20H,(H,16,21). The molecule has 10 heteroatoms. The van der Waals surface area contributed by atoms with Gasteiger partial charge in [0.1, 0.15) is 11.3 Å². The van der Waals surface area contributed by atoms with Crippen molar-refractivity contribution in [3.8, 4) is 17.2 Å². The molecule has 120 valence electrons. The van der Waals surface area contributed by atoms with Crippen LogP contribution in [0.5, 0.6) is 17.2 Å². The van der Waals surface area contributed by atoms with E-state index in [2.05, 4.69) is 5.32 Å². The Morgan fingerprint density at radius 3 is 2.43 bits per heavy atom. The summed E-state index contributed by atoms with van der Waals surface area (Å²) in [6, 6.07) is 4.93. The van der Waals surface area contributed by atoms with Crippen molar-refractivity contribution in [2.75, 3.05) is 5.32 Å². The quantitative estimate of drug-likeness (QED) is 0.491. The van der Waals surface area contributed by atoms with Crippen LogP contribution in [-0.2, 0) is 0 Å². The fraction of sp³-hybridized carbons (Fsp3) is 0. The number of benzene rings is 2. The van der Waals surface area contributed by atoms with E-state index in [4.69, 9.17) is 23.2 Å². The van der Waals surface area contributed by atoms with Crippen molar-refractivity contribution in [3.05, 3.63) is 50.0 Å². The lowest BCUT2D eigenvalue weighted by atomic mass is 10.1. The molecule has 0 aliphatic carbocycles. The molecule has 2 aromatic carbocycles. The van der Waals surface area contributed by atoms with Crippen LogP contribution in [0.25, 0.3) is 0 Å². The number of nitrogens with one attached hydrogen (secondary N) is 1. The Hall–Kier alpha value is -2.71. The highest BCUT2D eigenvalue weighted by Crippen LogP contribution is 2.43. The molecular weight excluding hydrogens is 351 g/mol. The van der Waals surface area contributed by atoms with E-state index in [1.54, 1.807) is 0 Å². The fourth-order valence-electron chi connectivity index (χ4n) is 1.82. The Kier molecular flexibility index (Phi) is 4.48. The first-order valence-electron chi connectivity index (χ1n) is 5.91. The van der Waals surface area contributed by atoms with E-state index < -0.39 is 39.3 Å². The Balaban J connectivity index is 2.50. The third kappa shape index (κ3) is 3.08. The second-order valence-corrected chi connectivity index (χ2v) is 5.08. The summed E-state index contributed by atoms with van der Waals surface area (Å²) in [6.45, 7) is 0. The highest BCUT2D eigenvalue weighted by Gasteiger charge is 2.30. The van der Waals surface area contributed by atoms with Crippen LogP contribution in [0.2, 0.25) is 10.0 Å². The number of amides is 1. The number of phenolic OH excluding ortho intramolecular Hbond substituents is 3. The average Bonchev–Trinajstić information content (AvgIpc) is 2.42. The number of nitro groups is 1. The van der Waals surface area contributed by atoms with Crippen LogP contribution >= 0.6 is 23.2 Å². The summed E-state index contributed by atoms with van der Waals surface area (Å²) >= 11 is 11.7. The van der Waals surface area contributed by atoms with E-state index in [1.807, 2.05) is 0 Å². The number of hydrogen-bond donors (Lipinski definition) is 4. The average molecular weight is 359 g/mol. The van der Waals surface area contributed by atoms with Gasteiger partial charge in [-0.05, 0) is 12.1 Å². The van der Waals surface area contributed by atoms with Crippen LogP contribution < -0.4 is 5.32 Å². The molecule has 0 saturated carbocycles. The topological polar surface area (TPSA) is 133 Å². The Bertz CT molecular complexity index is 825. The van der Waals surface area contributed by atoms with Crippen molar-refractivity contribution >= 4 is 40.5 Å². The summed E-state index contributed by atoms with van der Waals surface area (Å²) < 4.78 is 0. The molecule has 0 heterocycles. The summed E-state index contributed by atoms with van der Waals surface area (Å²) in [6.07, 6.45) is 0. The van der Waals surface area contributed by atoms with Crippen LogP contribution in [-0.4, -0.2) is 26.2 Å². The minimum atomic E-state index is -1.18. The van der Waals surface area contributed by atoms with Gasteiger partial charge in [-0.25, -0.2) is 0 Å². The largest absolute Gasteiger partial charge is 0.507 e. The Morgan fingerprint density at radius 1 is 1.17 bits per heavy atom. The number of nitro benzene ring substituents is 1. The van der Waals surface area contributed by atoms with Crippen LogP contribution in [0, 0.1) is 10.1 Å². The van der Waals surface area contributed by atoms with Gasteiger partial charge >= 0.3 is 5.69 Å². The predicted octanol–water partition coefficient (Wildman–Crippen LogP) is 3.27. The molecular formula is C13H8Cl2N2O6. The van der Waals surface area contributed by atoms with Gasteiger partial charge in [-0.3, -0.25) is 14.9 Å². The molecule has 0 radical (unpaired) electrons. The molecule has 2 aromatic rings. The molecule has 4 N–H and O–H groups in total. The second kappa shape index (κ2) is 6.19. The third-order valence-electron chi connectivity index (χ3n) is 2.84. The summed E-state index contributed by atoms with van der Waals surface area (Å²) in [5.74, 6) is -4.08. The van der Waals surface area contributed by atoms with Crippen molar-refractivity contribution in [2.24, 2.45) is 0 Å². The van der Waals surface area contributed by atoms with Crippen LogP contribution in [0.3, 0.4) is 0 Å². The van der Waals surface area contributed by atoms with Gasteiger partial charge in [-0.15, -0.1) is 0 Å². The van der Waals surface area contributed by atoms with E-state index in [0.717, 1.165) is 0 Å². The molecule has 0 aromatic heterocycles. The van der Waals surface area contributed by atoms with Gasteiger partial charge in [0.15, 0.2) is 0 Å². The maximum absolute atomic E-state index is 12.2. The van der Waals surface area contributed by atoms with Crippen LogP contribution in [0.4, 0.5) is 11.4 Å². The van der Waals surface area contributed by atoms with Gasteiger partial charge < -0.3 is 20.6 Å². The molecule has 8 nitrogen and oxygen atoms in total. The summed E-state index contributed by atoms with van der Waals surface area (Å²) in [5, 5.41) is 42.1. The minimum absolute atomic E-state index is 0.00905. The fourth-order valence-corrected chi connectivity index (χ4v) is 2.17. The van der Waals surface area contributed by atoms with E-state index >= 15 is 0 Å². The van der Waals surface area contributed by atoms with Gasteiger partial charge in [0.05, 0.1) is 20.7 Å². The van der Waals surface area contributed by atoms with Gasteiger partial charge in [-0.2, -0.15) is 0 Å². The number of phenols is 3. The maximum atomic E-state index is 12.2. The van der Waals surface area contributed by atoms with Crippen molar-refractivity contribution < 1.29 is 25.0 Å². The number of carbonyl (C=O) groups is 1. The van der Waals surface area contributed by atoms with Gasteiger partial charge in [-0.1, -0.05) is 29.3 Å². The number of nitrogens with zero attached hydrogens (tertiary/aromatic N) is 1. The van der Waals surface area contributed by atoms with Gasteiger partial charge in [0.2, 0.25) is 11.5 Å². The Morgan fingerprint density at radius 2 is 1.83 bits per heavy atom. The summed E-state index contributed by atoms with van der Waals surface area (Å²) in [4.78, 5) is 21.9. The second-order valence-electron chi connectivity index (χ2n) is 4.30. The van der Waals surface area contributed by atoms with Gasteiger partial charge in [0, 0.05) is 6.07 Å². The summed E-state index contributed by atoms with van der Waals surface area (Å²) in [7, 11) is 0. The number of anilines is 1. The van der Waals surface area contributed by atoms with E-state index in [-0.39, 0.29) is 15.7 Å². The van der Waals surface area contributed by atoms with Gasteiger partial charge in [0.25, 0.3) is 5.91 Å². The lowest BCUT2D eigenvalue weighted by Gasteiger charge is -2.11. The number of aromatic hydroxyl groups is 3.